The van der Waals surface area contributed by atoms with Crippen LogP contribution >= 0.6 is 0 Å². The van der Waals surface area contributed by atoms with E-state index in [2.05, 4.69) is 59.5 Å². The average molecular weight is 315 g/mol. The Kier molecular flexibility index (Phi) is 5.55. The summed E-state index contributed by atoms with van der Waals surface area (Å²) in [5, 5.41) is 3.62. The minimum absolute atomic E-state index is 0.512. The van der Waals surface area contributed by atoms with Crippen LogP contribution in [0.15, 0.2) is 35.3 Å². The first-order valence-electron chi connectivity index (χ1n) is 8.92. The highest BCUT2D eigenvalue weighted by molar-refractivity contribution is 5.80. The van der Waals surface area contributed by atoms with Gasteiger partial charge in [0.1, 0.15) is 0 Å². The number of hydrogen-bond acceptors (Lipinski definition) is 2. The Morgan fingerprint density at radius 3 is 2.78 bits per heavy atom. The van der Waals surface area contributed by atoms with Gasteiger partial charge in [-0.15, -0.1) is 0 Å². The van der Waals surface area contributed by atoms with E-state index in [9.17, 15) is 0 Å². The number of guanidine groups is 1. The van der Waals surface area contributed by atoms with Crippen LogP contribution in [-0.2, 0) is 4.74 Å². The molecule has 23 heavy (non-hydrogen) atoms. The molecule has 1 aromatic carbocycles. The van der Waals surface area contributed by atoms with Gasteiger partial charge >= 0.3 is 0 Å². The molecule has 0 aliphatic heterocycles. The Hall–Kier alpha value is -1.55. The topological polar surface area (TPSA) is 36.9 Å². The molecular formula is C19H29N3O. The summed E-state index contributed by atoms with van der Waals surface area (Å²) in [5.74, 6) is 2.46. The van der Waals surface area contributed by atoms with Crippen molar-refractivity contribution in [1.29, 1.82) is 0 Å². The van der Waals surface area contributed by atoms with Gasteiger partial charge in [0.2, 0.25) is 0 Å². The molecule has 2 aliphatic carbocycles. The molecule has 0 bridgehead atoms. The summed E-state index contributed by atoms with van der Waals surface area (Å²) in [5.41, 5.74) is 1.43. The van der Waals surface area contributed by atoms with Crippen molar-refractivity contribution < 1.29 is 4.74 Å². The summed E-state index contributed by atoms with van der Waals surface area (Å²) < 4.78 is 5.74. The molecule has 4 nitrogen and oxygen atoms in total. The molecule has 0 aromatic heterocycles. The number of benzene rings is 1. The van der Waals surface area contributed by atoms with Gasteiger partial charge in [0.05, 0.1) is 6.61 Å². The van der Waals surface area contributed by atoms with Gasteiger partial charge in [0.25, 0.3) is 0 Å². The maximum atomic E-state index is 5.74. The predicted molar refractivity (Wildman–Crippen MR) is 94.9 cm³/mol. The Labute approximate surface area is 139 Å². The van der Waals surface area contributed by atoms with Crippen LogP contribution in [0.25, 0.3) is 0 Å². The summed E-state index contributed by atoms with van der Waals surface area (Å²) in [6.45, 7) is 5.49. The molecule has 2 unspecified atom stereocenters. The number of hydrogen-bond donors (Lipinski definition) is 1. The number of nitrogens with zero attached hydrogens (tertiary/aromatic N) is 2. The maximum Gasteiger partial charge on any atom is 0.193 e. The Bertz CT molecular complexity index is 513. The third-order valence-electron chi connectivity index (χ3n) is 4.62. The van der Waals surface area contributed by atoms with Gasteiger partial charge in [0.15, 0.2) is 5.96 Å². The third kappa shape index (κ3) is 4.96. The predicted octanol–water partition coefficient (Wildman–Crippen LogP) is 2.87. The Morgan fingerprint density at radius 1 is 1.30 bits per heavy atom. The van der Waals surface area contributed by atoms with Crippen molar-refractivity contribution in [3.05, 3.63) is 35.9 Å². The molecule has 0 radical (unpaired) electrons. The van der Waals surface area contributed by atoms with Crippen LogP contribution in [0.5, 0.6) is 0 Å². The summed E-state index contributed by atoms with van der Waals surface area (Å²) in [7, 11) is 2.10. The second-order valence-electron chi connectivity index (χ2n) is 6.74. The molecule has 1 N–H and O–H groups in total. The summed E-state index contributed by atoms with van der Waals surface area (Å²) in [4.78, 5) is 6.83. The first kappa shape index (κ1) is 16.3. The van der Waals surface area contributed by atoms with Crippen LogP contribution in [0, 0.1) is 5.92 Å². The molecular weight excluding hydrogens is 286 g/mol. The molecule has 2 atom stereocenters. The lowest BCUT2D eigenvalue weighted by atomic mass is 10.1. The molecule has 3 rings (SSSR count). The van der Waals surface area contributed by atoms with Crippen molar-refractivity contribution in [2.75, 3.05) is 33.4 Å². The molecule has 4 heteroatoms. The van der Waals surface area contributed by atoms with E-state index in [0.717, 1.165) is 38.2 Å². The molecule has 0 spiro atoms. The van der Waals surface area contributed by atoms with E-state index in [1.165, 1.54) is 24.8 Å². The van der Waals surface area contributed by atoms with Crippen molar-refractivity contribution in [1.82, 2.24) is 10.2 Å². The SMILES string of the molecule is CCN=C(NC1CC1c1ccccc1)N(C)CCOCC1CC1. The van der Waals surface area contributed by atoms with Gasteiger partial charge in [-0.05, 0) is 37.7 Å². The molecule has 126 valence electrons. The third-order valence-corrected chi connectivity index (χ3v) is 4.62. The summed E-state index contributed by atoms with van der Waals surface area (Å²) >= 11 is 0. The van der Waals surface area contributed by atoms with E-state index in [0.29, 0.717) is 12.0 Å². The van der Waals surface area contributed by atoms with Gasteiger partial charge in [-0.2, -0.15) is 0 Å². The molecule has 0 saturated heterocycles. The largest absolute Gasteiger partial charge is 0.379 e. The van der Waals surface area contributed by atoms with Crippen molar-refractivity contribution in [3.8, 4) is 0 Å². The standard InChI is InChI=1S/C19H29N3O/c1-3-20-19(22(2)11-12-23-14-15-9-10-15)21-18-13-17(18)16-7-5-4-6-8-16/h4-8,15,17-18H,3,9-14H2,1-2H3,(H,20,21). The van der Waals surface area contributed by atoms with Crippen LogP contribution in [0.1, 0.15) is 37.7 Å². The van der Waals surface area contributed by atoms with E-state index in [1.807, 2.05) is 0 Å². The van der Waals surface area contributed by atoms with Crippen LogP contribution in [0.4, 0.5) is 0 Å². The first-order valence-corrected chi connectivity index (χ1v) is 8.92. The quantitative estimate of drug-likeness (QED) is 0.455. The van der Waals surface area contributed by atoms with Crippen LogP contribution in [0.3, 0.4) is 0 Å². The zero-order valence-electron chi connectivity index (χ0n) is 14.4. The fourth-order valence-electron chi connectivity index (χ4n) is 2.86. The lowest BCUT2D eigenvalue weighted by Gasteiger charge is -2.22. The fourth-order valence-corrected chi connectivity index (χ4v) is 2.86. The normalized spacial score (nSPS) is 23.7. The van der Waals surface area contributed by atoms with E-state index in [1.54, 1.807) is 0 Å². The molecule has 0 amide bonds. The highest BCUT2D eigenvalue weighted by Gasteiger charge is 2.39. The van der Waals surface area contributed by atoms with Gasteiger partial charge < -0.3 is 15.0 Å². The van der Waals surface area contributed by atoms with Crippen LogP contribution in [0.2, 0.25) is 0 Å². The monoisotopic (exact) mass is 315 g/mol. The highest BCUT2D eigenvalue weighted by Crippen LogP contribution is 2.40. The lowest BCUT2D eigenvalue weighted by Crippen LogP contribution is -2.42. The minimum Gasteiger partial charge on any atom is -0.379 e. The maximum absolute atomic E-state index is 5.74. The van der Waals surface area contributed by atoms with Gasteiger partial charge in [-0.3, -0.25) is 4.99 Å². The zero-order valence-corrected chi connectivity index (χ0v) is 14.4. The molecule has 1 aromatic rings. The Balaban J connectivity index is 1.44. The van der Waals surface area contributed by atoms with Gasteiger partial charge in [0, 0.05) is 38.7 Å². The number of nitrogens with one attached hydrogen (secondary N) is 1. The second kappa shape index (κ2) is 7.82. The van der Waals surface area contributed by atoms with E-state index >= 15 is 0 Å². The average Bonchev–Trinajstić information content (AvgIpc) is 3.47. The van der Waals surface area contributed by atoms with Crippen molar-refractivity contribution >= 4 is 5.96 Å². The van der Waals surface area contributed by atoms with Gasteiger partial charge in [-0.25, -0.2) is 0 Å². The minimum atomic E-state index is 0.512. The van der Waals surface area contributed by atoms with Crippen molar-refractivity contribution in [2.24, 2.45) is 10.9 Å². The zero-order chi connectivity index (χ0) is 16.1. The number of rotatable bonds is 8. The number of aliphatic imine (C=N–C) groups is 1. The highest BCUT2D eigenvalue weighted by atomic mass is 16.5. The Morgan fingerprint density at radius 2 is 2.09 bits per heavy atom. The van der Waals surface area contributed by atoms with E-state index in [-0.39, 0.29) is 0 Å². The molecule has 2 aliphatic rings. The lowest BCUT2D eigenvalue weighted by molar-refractivity contribution is 0.115. The molecule has 0 heterocycles. The number of likely N-dealkylation sites (N-methyl/N-ethyl adjacent to an activating group) is 1. The van der Waals surface area contributed by atoms with Crippen molar-refractivity contribution in [2.45, 2.75) is 38.1 Å². The van der Waals surface area contributed by atoms with Gasteiger partial charge in [-0.1, -0.05) is 30.3 Å². The molecule has 2 fully saturated rings. The molecule has 2 saturated carbocycles. The number of ether oxygens (including phenoxy) is 1. The summed E-state index contributed by atoms with van der Waals surface area (Å²) in [6.07, 6.45) is 3.89. The van der Waals surface area contributed by atoms with E-state index < -0.39 is 0 Å². The van der Waals surface area contributed by atoms with E-state index in [4.69, 9.17) is 4.74 Å². The van der Waals surface area contributed by atoms with Crippen LogP contribution < -0.4 is 5.32 Å². The first-order chi connectivity index (χ1) is 11.3. The van der Waals surface area contributed by atoms with Crippen molar-refractivity contribution in [3.63, 3.8) is 0 Å². The second-order valence-corrected chi connectivity index (χ2v) is 6.74. The fraction of sp³-hybridized carbons (Fsp3) is 0.632. The van der Waals surface area contributed by atoms with Crippen LogP contribution in [-0.4, -0.2) is 50.3 Å². The summed E-state index contributed by atoms with van der Waals surface area (Å²) in [6, 6.07) is 11.3. The smallest absolute Gasteiger partial charge is 0.193 e.